The Kier molecular flexibility index (Phi) is 23.2. The van der Waals surface area contributed by atoms with Crippen molar-refractivity contribution in [1.29, 1.82) is 0 Å². The summed E-state index contributed by atoms with van der Waals surface area (Å²) in [6.45, 7) is 2.64. The van der Waals surface area contributed by atoms with E-state index in [1.807, 2.05) is 0 Å². The number of hydroxylamine groups is 1. The van der Waals surface area contributed by atoms with E-state index in [-0.39, 0.29) is 29.6 Å². The van der Waals surface area contributed by atoms with E-state index in [0.29, 0.717) is 6.54 Å². The van der Waals surface area contributed by atoms with Crippen LogP contribution in [-0.2, 0) is 14.7 Å². The molecule has 0 rings (SSSR count). The minimum Gasteiger partial charge on any atom is -0.724 e. The summed E-state index contributed by atoms with van der Waals surface area (Å²) in [6.07, 6.45) is 21.8. The van der Waals surface area contributed by atoms with E-state index < -0.39 is 10.4 Å². The smallest absolute Gasteiger partial charge is 0.724 e. The average molecular weight is 386 g/mol. The number of unbranched alkanes of at least 4 members (excludes halogenated alkanes) is 12. The van der Waals surface area contributed by atoms with E-state index in [0.717, 1.165) is 19.3 Å². The molecule has 0 aliphatic heterocycles. The van der Waals surface area contributed by atoms with Gasteiger partial charge in [-0.3, -0.25) is 0 Å². The molecule has 0 aromatic rings. The van der Waals surface area contributed by atoms with Crippen LogP contribution in [0.25, 0.3) is 0 Å². The van der Waals surface area contributed by atoms with E-state index in [1.165, 1.54) is 70.6 Å². The van der Waals surface area contributed by atoms with Crippen molar-refractivity contribution in [2.75, 3.05) is 6.54 Å². The van der Waals surface area contributed by atoms with Crippen molar-refractivity contribution in [3.05, 3.63) is 12.2 Å². The molecule has 0 fully saturated rings. The van der Waals surface area contributed by atoms with Crippen molar-refractivity contribution in [2.24, 2.45) is 0 Å². The Hall–Kier alpha value is 0.570. The fourth-order valence-corrected chi connectivity index (χ4v) is 2.79. The third-order valence-electron chi connectivity index (χ3n) is 3.95. The Morgan fingerprint density at radius 2 is 1.24 bits per heavy atom. The van der Waals surface area contributed by atoms with Crippen molar-refractivity contribution in [2.45, 2.75) is 96.8 Å². The Labute approximate surface area is 177 Å². The molecular formula is C18H36NNaO4S. The van der Waals surface area contributed by atoms with Gasteiger partial charge in [0.25, 0.3) is 0 Å². The molecule has 0 saturated heterocycles. The summed E-state index contributed by atoms with van der Waals surface area (Å²) in [4.78, 5) is 0. The van der Waals surface area contributed by atoms with Gasteiger partial charge in [0.1, 0.15) is 0 Å². The van der Waals surface area contributed by atoms with Gasteiger partial charge in [0.05, 0.1) is 0 Å². The van der Waals surface area contributed by atoms with Gasteiger partial charge in [-0.1, -0.05) is 76.9 Å². The summed E-state index contributed by atoms with van der Waals surface area (Å²) in [5.74, 6) is 0. The third kappa shape index (κ3) is 26.9. The molecule has 7 heteroatoms. The molecule has 0 heterocycles. The van der Waals surface area contributed by atoms with Crippen molar-refractivity contribution >= 4 is 10.4 Å². The predicted octanol–water partition coefficient (Wildman–Crippen LogP) is 2.01. The van der Waals surface area contributed by atoms with E-state index in [4.69, 9.17) is 0 Å². The second kappa shape index (κ2) is 20.9. The summed E-state index contributed by atoms with van der Waals surface area (Å²) < 4.78 is 34.4. The van der Waals surface area contributed by atoms with Crippen LogP contribution in [0.1, 0.15) is 96.8 Å². The first kappa shape index (κ1) is 27.8. The summed E-state index contributed by atoms with van der Waals surface area (Å²) in [7, 11) is -4.61. The molecule has 0 bridgehead atoms. The molecule has 1 N–H and O–H groups in total. The Bertz CT molecular complexity index is 389. The van der Waals surface area contributed by atoms with Crippen LogP contribution in [0.4, 0.5) is 0 Å². The van der Waals surface area contributed by atoms with E-state index in [9.17, 15) is 13.0 Å². The molecule has 5 nitrogen and oxygen atoms in total. The zero-order valence-corrected chi connectivity index (χ0v) is 19.1. The maximum absolute atomic E-state index is 10.2. The van der Waals surface area contributed by atoms with Crippen molar-refractivity contribution in [3.63, 3.8) is 0 Å². The van der Waals surface area contributed by atoms with Crippen molar-refractivity contribution in [3.8, 4) is 0 Å². The molecule has 25 heavy (non-hydrogen) atoms. The first-order valence-electron chi connectivity index (χ1n) is 9.58. The maximum atomic E-state index is 10.2. The molecule has 0 aliphatic rings. The first-order chi connectivity index (χ1) is 11.6. The van der Waals surface area contributed by atoms with Crippen LogP contribution in [0.2, 0.25) is 0 Å². The fraction of sp³-hybridized carbons (Fsp3) is 0.889. The third-order valence-corrected chi connectivity index (χ3v) is 4.27. The molecule has 0 aromatic carbocycles. The van der Waals surface area contributed by atoms with E-state index >= 15 is 0 Å². The number of hydrogen-bond donors (Lipinski definition) is 1. The van der Waals surface area contributed by atoms with Crippen LogP contribution < -0.4 is 35.0 Å². The van der Waals surface area contributed by atoms with Crippen LogP contribution in [0.3, 0.4) is 0 Å². The Morgan fingerprint density at radius 1 is 0.800 bits per heavy atom. The SMILES string of the molecule is CCCCCCCC/C=C\CCCCCCCCNOS(=O)(=O)[O-].[Na+]. The first-order valence-corrected chi connectivity index (χ1v) is 10.9. The Morgan fingerprint density at radius 3 is 1.72 bits per heavy atom. The van der Waals surface area contributed by atoms with Gasteiger partial charge in [0.15, 0.2) is 0 Å². The normalized spacial score (nSPS) is 11.8. The molecule has 0 atom stereocenters. The summed E-state index contributed by atoms with van der Waals surface area (Å²) in [5, 5.41) is 0. The van der Waals surface area contributed by atoms with E-state index in [2.05, 4.69) is 28.8 Å². The number of rotatable bonds is 18. The molecule has 0 amide bonds. The average Bonchev–Trinajstić information content (AvgIpc) is 2.52. The summed E-state index contributed by atoms with van der Waals surface area (Å²) >= 11 is 0. The van der Waals surface area contributed by atoms with Crippen LogP contribution in [0.15, 0.2) is 12.2 Å². The molecule has 0 unspecified atom stereocenters. The van der Waals surface area contributed by atoms with Crippen molar-refractivity contribution < 1.29 is 46.8 Å². The van der Waals surface area contributed by atoms with Gasteiger partial charge in [0, 0.05) is 6.54 Å². The van der Waals surface area contributed by atoms with Gasteiger partial charge < -0.3 is 4.55 Å². The Balaban J connectivity index is 0. The van der Waals surface area contributed by atoms with Gasteiger partial charge >= 0.3 is 29.6 Å². The van der Waals surface area contributed by atoms with Gasteiger partial charge in [-0.2, -0.15) is 9.76 Å². The zero-order chi connectivity index (χ0) is 17.9. The molecule has 0 aliphatic carbocycles. The minimum absolute atomic E-state index is 0. The second-order valence-corrected chi connectivity index (χ2v) is 7.31. The number of hydrogen-bond acceptors (Lipinski definition) is 5. The van der Waals surface area contributed by atoms with Gasteiger partial charge in [0.2, 0.25) is 10.4 Å². The molecule has 0 aromatic heterocycles. The molecular weight excluding hydrogens is 349 g/mol. The number of nitrogens with one attached hydrogen (secondary N) is 1. The molecule has 144 valence electrons. The standard InChI is InChI=1S/C18H37NO4S.Na/c1-2-3-4-5-6-7-8-9-10-11-12-13-14-15-16-17-18-19-23-24(20,21)22;/h9-10,19H,2-8,11-18H2,1H3,(H,20,21,22);/q;+1/p-1/b10-9-;. The van der Waals surface area contributed by atoms with Gasteiger partial charge in [-0.05, 0) is 32.1 Å². The number of allylic oxidation sites excluding steroid dienone is 2. The predicted molar refractivity (Wildman–Crippen MR) is 98.2 cm³/mol. The van der Waals surface area contributed by atoms with Crippen LogP contribution in [0.5, 0.6) is 0 Å². The molecule has 0 spiro atoms. The summed E-state index contributed by atoms with van der Waals surface area (Å²) in [6, 6.07) is 0. The quantitative estimate of drug-likeness (QED) is 0.0975. The molecule has 0 radical (unpaired) electrons. The zero-order valence-electron chi connectivity index (χ0n) is 16.3. The largest absolute Gasteiger partial charge is 1.00 e. The topological polar surface area (TPSA) is 78.5 Å². The minimum atomic E-state index is -4.61. The maximum Gasteiger partial charge on any atom is 1.00 e. The summed E-state index contributed by atoms with van der Waals surface area (Å²) in [5.41, 5.74) is 2.17. The fourth-order valence-electron chi connectivity index (χ4n) is 2.56. The van der Waals surface area contributed by atoms with Gasteiger partial charge in [-0.15, -0.1) is 0 Å². The second-order valence-electron chi connectivity index (χ2n) is 6.32. The van der Waals surface area contributed by atoms with Gasteiger partial charge in [-0.25, -0.2) is 8.42 Å². The van der Waals surface area contributed by atoms with Crippen LogP contribution in [-0.4, -0.2) is 19.5 Å². The van der Waals surface area contributed by atoms with Crippen molar-refractivity contribution in [1.82, 2.24) is 5.48 Å². The molecule has 0 saturated carbocycles. The monoisotopic (exact) mass is 385 g/mol. The van der Waals surface area contributed by atoms with Crippen LogP contribution in [0, 0.1) is 0 Å². The van der Waals surface area contributed by atoms with E-state index in [1.54, 1.807) is 0 Å². The van der Waals surface area contributed by atoms with Crippen LogP contribution >= 0.6 is 0 Å².